The van der Waals surface area contributed by atoms with Crippen LogP contribution in [0.4, 0.5) is 4.79 Å². The summed E-state index contributed by atoms with van der Waals surface area (Å²) < 4.78 is 0. The van der Waals surface area contributed by atoms with Crippen molar-refractivity contribution >= 4 is 6.03 Å². The molecule has 0 aliphatic carbocycles. The molecule has 0 bridgehead atoms. The molecule has 1 aromatic rings. The molecule has 1 rings (SSSR count). The van der Waals surface area contributed by atoms with E-state index in [1.807, 2.05) is 24.3 Å². The topological polar surface area (TPSA) is 66.6 Å². The zero-order valence-corrected chi connectivity index (χ0v) is 9.81. The molecule has 90 valence electrons. The van der Waals surface area contributed by atoms with E-state index in [0.29, 0.717) is 13.0 Å². The number of rotatable bonds is 3. The third kappa shape index (κ3) is 4.58. The van der Waals surface area contributed by atoms with Crippen molar-refractivity contribution in [3.63, 3.8) is 0 Å². The highest BCUT2D eigenvalue weighted by atomic mass is 16.2. The Kier molecular flexibility index (Phi) is 5.05. The number of nitrogens with two attached hydrogens (primary N) is 1. The van der Waals surface area contributed by atoms with Gasteiger partial charge in [0.2, 0.25) is 0 Å². The smallest absolute Gasteiger partial charge is 0.314 e. The van der Waals surface area contributed by atoms with E-state index in [1.54, 1.807) is 7.05 Å². The maximum absolute atomic E-state index is 10.9. The van der Waals surface area contributed by atoms with Gasteiger partial charge in [-0.15, -0.1) is 0 Å². The maximum Gasteiger partial charge on any atom is 0.314 e. The van der Waals surface area contributed by atoms with Crippen molar-refractivity contribution in [3.8, 4) is 11.8 Å². The van der Waals surface area contributed by atoms with Crippen molar-refractivity contribution < 1.29 is 9.90 Å². The minimum Gasteiger partial charge on any atom is -0.395 e. The molecule has 4 heteroatoms. The van der Waals surface area contributed by atoms with Crippen LogP contribution in [0, 0.1) is 11.8 Å². The summed E-state index contributed by atoms with van der Waals surface area (Å²) in [6.07, 6.45) is 0.464. The summed E-state index contributed by atoms with van der Waals surface area (Å²) in [6.45, 7) is 0.530. The highest BCUT2D eigenvalue weighted by Crippen LogP contribution is 2.06. The van der Waals surface area contributed by atoms with Crippen molar-refractivity contribution in [1.82, 2.24) is 4.90 Å². The molecule has 0 saturated heterocycles. The number of benzene rings is 1. The van der Waals surface area contributed by atoms with Gasteiger partial charge in [0, 0.05) is 25.6 Å². The molecular formula is C13H16N2O2. The van der Waals surface area contributed by atoms with Gasteiger partial charge in [-0.25, -0.2) is 4.79 Å². The monoisotopic (exact) mass is 232 g/mol. The molecule has 0 heterocycles. The first-order chi connectivity index (χ1) is 8.13. The van der Waals surface area contributed by atoms with Crippen LogP contribution in [0.1, 0.15) is 17.5 Å². The Balaban J connectivity index is 2.73. The third-order valence-electron chi connectivity index (χ3n) is 2.19. The normalized spacial score (nSPS) is 9.29. The molecular weight excluding hydrogens is 216 g/mol. The molecule has 0 fully saturated rings. The lowest BCUT2D eigenvalue weighted by Crippen LogP contribution is -2.31. The van der Waals surface area contributed by atoms with E-state index in [0.717, 1.165) is 11.1 Å². The molecule has 4 nitrogen and oxygen atoms in total. The van der Waals surface area contributed by atoms with Crippen molar-refractivity contribution in [2.45, 2.75) is 13.0 Å². The van der Waals surface area contributed by atoms with Crippen LogP contribution < -0.4 is 5.73 Å². The Hall–Kier alpha value is -1.99. The van der Waals surface area contributed by atoms with Crippen molar-refractivity contribution in [3.05, 3.63) is 35.4 Å². The van der Waals surface area contributed by atoms with Gasteiger partial charge in [0.05, 0.1) is 6.61 Å². The number of carbonyl (C=O) groups is 1. The van der Waals surface area contributed by atoms with Gasteiger partial charge in [-0.05, 0) is 17.7 Å². The minimum atomic E-state index is -0.457. The Bertz CT molecular complexity index is 446. The first-order valence-electron chi connectivity index (χ1n) is 5.32. The van der Waals surface area contributed by atoms with E-state index < -0.39 is 6.03 Å². The molecule has 0 aromatic heterocycles. The maximum atomic E-state index is 10.9. The summed E-state index contributed by atoms with van der Waals surface area (Å²) in [6, 6.07) is 7.13. The molecule has 0 spiro atoms. The predicted octanol–water partition coefficient (Wildman–Crippen LogP) is 0.931. The lowest BCUT2D eigenvalue weighted by atomic mass is 10.1. The lowest BCUT2D eigenvalue weighted by molar-refractivity contribution is 0.216. The van der Waals surface area contributed by atoms with E-state index in [2.05, 4.69) is 11.8 Å². The number of aliphatic hydroxyl groups is 1. The quantitative estimate of drug-likeness (QED) is 0.761. The molecule has 0 atom stereocenters. The third-order valence-corrected chi connectivity index (χ3v) is 2.19. The number of urea groups is 1. The fourth-order valence-corrected chi connectivity index (χ4v) is 1.32. The van der Waals surface area contributed by atoms with Gasteiger partial charge < -0.3 is 15.7 Å². The summed E-state index contributed by atoms with van der Waals surface area (Å²) in [7, 11) is 1.65. The van der Waals surface area contributed by atoms with Gasteiger partial charge in [0.1, 0.15) is 0 Å². The Morgan fingerprint density at radius 1 is 1.53 bits per heavy atom. The second-order valence-electron chi connectivity index (χ2n) is 3.67. The molecule has 0 radical (unpaired) electrons. The summed E-state index contributed by atoms with van der Waals surface area (Å²) in [4.78, 5) is 12.3. The molecule has 17 heavy (non-hydrogen) atoms. The van der Waals surface area contributed by atoms with Crippen LogP contribution >= 0.6 is 0 Å². The summed E-state index contributed by atoms with van der Waals surface area (Å²) in [5.41, 5.74) is 6.99. The van der Waals surface area contributed by atoms with Crippen LogP contribution in [0.5, 0.6) is 0 Å². The number of amides is 2. The van der Waals surface area contributed by atoms with Crippen molar-refractivity contribution in [1.29, 1.82) is 0 Å². The molecule has 3 N–H and O–H groups in total. The van der Waals surface area contributed by atoms with Crippen LogP contribution in [-0.2, 0) is 6.54 Å². The molecule has 2 amide bonds. The number of hydrogen-bond acceptors (Lipinski definition) is 2. The van der Waals surface area contributed by atoms with Crippen LogP contribution in [0.2, 0.25) is 0 Å². The van der Waals surface area contributed by atoms with E-state index >= 15 is 0 Å². The predicted molar refractivity (Wildman–Crippen MR) is 66.1 cm³/mol. The van der Waals surface area contributed by atoms with Crippen LogP contribution in [0.3, 0.4) is 0 Å². The average molecular weight is 232 g/mol. The van der Waals surface area contributed by atoms with Crippen LogP contribution in [0.25, 0.3) is 0 Å². The van der Waals surface area contributed by atoms with Gasteiger partial charge in [0.15, 0.2) is 0 Å². The van der Waals surface area contributed by atoms with Gasteiger partial charge in [-0.2, -0.15) is 0 Å². The van der Waals surface area contributed by atoms with E-state index in [-0.39, 0.29) is 6.61 Å². The number of hydrogen-bond donors (Lipinski definition) is 2. The van der Waals surface area contributed by atoms with Crippen molar-refractivity contribution in [2.75, 3.05) is 13.7 Å². The average Bonchev–Trinajstić information content (AvgIpc) is 2.30. The molecule has 0 aliphatic rings. The Morgan fingerprint density at radius 3 is 2.94 bits per heavy atom. The fraction of sp³-hybridized carbons (Fsp3) is 0.308. The van der Waals surface area contributed by atoms with E-state index in [1.165, 1.54) is 4.90 Å². The number of aliphatic hydroxyl groups excluding tert-OH is 1. The highest BCUT2D eigenvalue weighted by Gasteiger charge is 2.03. The Labute approximate surface area is 101 Å². The number of nitrogens with zero attached hydrogens (tertiary/aromatic N) is 1. The van der Waals surface area contributed by atoms with Gasteiger partial charge >= 0.3 is 6.03 Å². The number of primary amides is 1. The SMILES string of the molecule is CN(Cc1cccc(C#CCCO)c1)C(N)=O. The fourth-order valence-electron chi connectivity index (χ4n) is 1.32. The summed E-state index contributed by atoms with van der Waals surface area (Å²) in [5.74, 6) is 5.79. The van der Waals surface area contributed by atoms with Crippen LogP contribution in [-0.4, -0.2) is 29.7 Å². The molecule has 1 aromatic carbocycles. The van der Waals surface area contributed by atoms with E-state index in [9.17, 15) is 4.79 Å². The summed E-state index contributed by atoms with van der Waals surface area (Å²) >= 11 is 0. The second-order valence-corrected chi connectivity index (χ2v) is 3.67. The summed E-state index contributed by atoms with van der Waals surface area (Å²) in [5, 5.41) is 8.62. The standard InChI is InChI=1S/C13H16N2O2/c1-15(13(14)17)10-12-7-4-6-11(9-12)5-2-3-8-16/h4,6-7,9,16H,3,8,10H2,1H3,(H2,14,17). The van der Waals surface area contributed by atoms with E-state index in [4.69, 9.17) is 10.8 Å². The van der Waals surface area contributed by atoms with Gasteiger partial charge in [-0.3, -0.25) is 0 Å². The first kappa shape index (κ1) is 13.1. The Morgan fingerprint density at radius 2 is 2.29 bits per heavy atom. The zero-order valence-electron chi connectivity index (χ0n) is 9.81. The highest BCUT2D eigenvalue weighted by molar-refractivity contribution is 5.71. The zero-order chi connectivity index (χ0) is 12.7. The minimum absolute atomic E-state index is 0.0666. The van der Waals surface area contributed by atoms with Crippen LogP contribution in [0.15, 0.2) is 24.3 Å². The van der Waals surface area contributed by atoms with Crippen molar-refractivity contribution in [2.24, 2.45) is 5.73 Å². The molecule has 0 saturated carbocycles. The molecule has 0 aliphatic heterocycles. The largest absolute Gasteiger partial charge is 0.395 e. The van der Waals surface area contributed by atoms with Gasteiger partial charge in [0.25, 0.3) is 0 Å². The number of carbonyl (C=O) groups excluding carboxylic acids is 1. The first-order valence-corrected chi connectivity index (χ1v) is 5.32. The molecule has 0 unspecified atom stereocenters. The lowest BCUT2D eigenvalue weighted by Gasteiger charge is -2.13. The second kappa shape index (κ2) is 6.56. The van der Waals surface area contributed by atoms with Gasteiger partial charge in [-0.1, -0.05) is 24.0 Å².